The smallest absolute Gasteiger partial charge is 0.170 e. The van der Waals surface area contributed by atoms with E-state index in [9.17, 15) is 0 Å². The topological polar surface area (TPSA) is 3.24 Å². The van der Waals surface area contributed by atoms with Crippen LogP contribution in [-0.2, 0) is 0 Å². The Balaban J connectivity index is 1.29. The Morgan fingerprint density at radius 1 is 0.255 bits per heavy atom. The predicted molar refractivity (Wildman–Crippen MR) is 183 cm³/mol. The molecule has 1 nitrogen and oxygen atoms in total. The van der Waals surface area contributed by atoms with Crippen molar-refractivity contribution in [3.05, 3.63) is 187 Å². The third kappa shape index (κ3) is 5.80. The first kappa shape index (κ1) is 29.8. The maximum absolute atomic E-state index is 15.4. The van der Waals surface area contributed by atoms with E-state index in [1.54, 1.807) is 30.3 Å². The molecule has 0 unspecified atom stereocenters. The van der Waals surface area contributed by atoms with Crippen LogP contribution < -0.4 is 4.90 Å². The highest BCUT2D eigenvalue weighted by Crippen LogP contribution is 2.40. The van der Waals surface area contributed by atoms with Crippen molar-refractivity contribution in [2.24, 2.45) is 0 Å². The molecule has 0 saturated carbocycles. The van der Waals surface area contributed by atoms with Gasteiger partial charge in [0.25, 0.3) is 0 Å². The highest BCUT2D eigenvalue weighted by molar-refractivity contribution is 5.81. The quantitative estimate of drug-likeness (QED) is 0.126. The summed E-state index contributed by atoms with van der Waals surface area (Å²) in [5.74, 6) is -5.76. The van der Waals surface area contributed by atoms with E-state index in [1.807, 2.05) is 114 Å². The van der Waals surface area contributed by atoms with E-state index in [0.717, 1.165) is 33.6 Å². The van der Waals surface area contributed by atoms with E-state index in [-0.39, 0.29) is 11.1 Å². The molecule has 0 atom stereocenters. The van der Waals surface area contributed by atoms with E-state index in [1.165, 1.54) is 24.3 Å². The number of anilines is 3. The molecule has 0 N–H and O–H groups in total. The maximum Gasteiger partial charge on any atom is 0.170 e. The summed E-state index contributed by atoms with van der Waals surface area (Å²) in [6, 6.07) is 50.1. The third-order valence-electron chi connectivity index (χ3n) is 8.21. The van der Waals surface area contributed by atoms with E-state index < -0.39 is 34.4 Å². The number of rotatable bonds is 7. The highest BCUT2D eigenvalue weighted by Gasteiger charge is 2.27. The van der Waals surface area contributed by atoms with Crippen molar-refractivity contribution >= 4 is 17.1 Å². The van der Waals surface area contributed by atoms with Gasteiger partial charge in [0, 0.05) is 17.1 Å². The molecule has 0 spiro atoms. The standard InChI is InChI=1S/C42H27F4N/c43-39-37(32-14-8-3-9-15-32)40(44)42(46)38(41(39)45)33-20-26-36(27-21-33)47(34-22-16-30(17-23-34)28-10-4-1-5-11-28)35-24-18-31(19-25-35)29-12-6-2-7-13-29/h1-27H. The van der Waals surface area contributed by atoms with Crippen LogP contribution in [0.15, 0.2) is 164 Å². The lowest BCUT2D eigenvalue weighted by Gasteiger charge is -2.26. The van der Waals surface area contributed by atoms with Crippen LogP contribution in [0.5, 0.6) is 0 Å². The van der Waals surface area contributed by atoms with Gasteiger partial charge in [-0.3, -0.25) is 0 Å². The molecule has 7 aromatic carbocycles. The van der Waals surface area contributed by atoms with Crippen molar-refractivity contribution < 1.29 is 17.6 Å². The Hall–Kier alpha value is -5.94. The summed E-state index contributed by atoms with van der Waals surface area (Å²) in [4.78, 5) is 2.01. The molecule has 0 bridgehead atoms. The summed E-state index contributed by atoms with van der Waals surface area (Å²) in [7, 11) is 0. The van der Waals surface area contributed by atoms with Crippen molar-refractivity contribution in [1.82, 2.24) is 0 Å². The number of hydrogen-bond acceptors (Lipinski definition) is 1. The summed E-state index contributed by atoms with van der Waals surface area (Å²) < 4.78 is 61.3. The molecule has 228 valence electrons. The molecule has 5 heteroatoms. The molecule has 0 aliphatic rings. The van der Waals surface area contributed by atoms with E-state index >= 15 is 17.6 Å². The Labute approximate surface area is 270 Å². The molecule has 7 aromatic rings. The average Bonchev–Trinajstić information content (AvgIpc) is 3.13. The number of halogens is 4. The van der Waals surface area contributed by atoms with Gasteiger partial charge in [-0.05, 0) is 69.8 Å². The van der Waals surface area contributed by atoms with Crippen LogP contribution in [0.3, 0.4) is 0 Å². The molecule has 7 rings (SSSR count). The van der Waals surface area contributed by atoms with Crippen LogP contribution in [0, 0.1) is 23.3 Å². The number of nitrogens with zero attached hydrogens (tertiary/aromatic N) is 1. The largest absolute Gasteiger partial charge is 0.311 e. The van der Waals surface area contributed by atoms with Gasteiger partial charge in [-0.15, -0.1) is 0 Å². The highest BCUT2D eigenvalue weighted by atomic mass is 19.2. The normalized spacial score (nSPS) is 11.0. The molecule has 0 radical (unpaired) electrons. The zero-order valence-corrected chi connectivity index (χ0v) is 25.0. The summed E-state index contributed by atoms with van der Waals surface area (Å²) in [6.45, 7) is 0. The van der Waals surface area contributed by atoms with Gasteiger partial charge in [-0.1, -0.05) is 127 Å². The van der Waals surface area contributed by atoms with Crippen molar-refractivity contribution in [2.75, 3.05) is 4.90 Å². The van der Waals surface area contributed by atoms with Crippen molar-refractivity contribution in [3.8, 4) is 44.5 Å². The lowest BCUT2D eigenvalue weighted by molar-refractivity contribution is 0.463. The van der Waals surface area contributed by atoms with Gasteiger partial charge in [0.15, 0.2) is 23.3 Å². The molecule has 0 heterocycles. The van der Waals surface area contributed by atoms with Crippen LogP contribution in [0.25, 0.3) is 44.5 Å². The minimum Gasteiger partial charge on any atom is -0.311 e. The maximum atomic E-state index is 15.4. The van der Waals surface area contributed by atoms with Crippen molar-refractivity contribution in [1.29, 1.82) is 0 Å². The Morgan fingerprint density at radius 3 is 0.809 bits per heavy atom. The molecule has 0 amide bonds. The fourth-order valence-electron chi connectivity index (χ4n) is 5.83. The van der Waals surface area contributed by atoms with Gasteiger partial charge in [-0.25, -0.2) is 17.6 Å². The second kappa shape index (κ2) is 12.8. The van der Waals surface area contributed by atoms with Crippen LogP contribution in [-0.4, -0.2) is 0 Å². The number of hydrogen-bond donors (Lipinski definition) is 0. The van der Waals surface area contributed by atoms with Crippen LogP contribution in [0.1, 0.15) is 0 Å². The minimum absolute atomic E-state index is 0.0139. The first-order valence-electron chi connectivity index (χ1n) is 15.1. The molecule has 0 fully saturated rings. The summed E-state index contributed by atoms with van der Waals surface area (Å²) in [6.07, 6.45) is 0. The molecular weight excluding hydrogens is 594 g/mol. The summed E-state index contributed by atoms with van der Waals surface area (Å²) in [5, 5.41) is 0. The van der Waals surface area contributed by atoms with Gasteiger partial charge >= 0.3 is 0 Å². The zero-order chi connectivity index (χ0) is 32.3. The van der Waals surface area contributed by atoms with Crippen LogP contribution >= 0.6 is 0 Å². The fraction of sp³-hybridized carbons (Fsp3) is 0. The van der Waals surface area contributed by atoms with E-state index in [4.69, 9.17) is 0 Å². The molecule has 0 aliphatic carbocycles. The summed E-state index contributed by atoms with van der Waals surface area (Å²) in [5.41, 5.74) is 5.26. The third-order valence-corrected chi connectivity index (χ3v) is 8.21. The number of benzene rings is 7. The van der Waals surface area contributed by atoms with Crippen molar-refractivity contribution in [2.45, 2.75) is 0 Å². The lowest BCUT2D eigenvalue weighted by Crippen LogP contribution is -2.10. The zero-order valence-electron chi connectivity index (χ0n) is 25.0. The molecule has 47 heavy (non-hydrogen) atoms. The molecular formula is C42H27F4N. The fourth-order valence-corrected chi connectivity index (χ4v) is 5.83. The second-order valence-corrected chi connectivity index (χ2v) is 11.1. The molecule has 0 saturated heterocycles. The predicted octanol–water partition coefficient (Wildman–Crippen LogP) is 12.4. The van der Waals surface area contributed by atoms with Gasteiger partial charge in [0.1, 0.15) is 0 Å². The van der Waals surface area contributed by atoms with Gasteiger partial charge in [0.05, 0.1) is 11.1 Å². The van der Waals surface area contributed by atoms with Crippen LogP contribution in [0.2, 0.25) is 0 Å². The van der Waals surface area contributed by atoms with Gasteiger partial charge in [-0.2, -0.15) is 0 Å². The summed E-state index contributed by atoms with van der Waals surface area (Å²) >= 11 is 0. The average molecular weight is 622 g/mol. The second-order valence-electron chi connectivity index (χ2n) is 11.1. The monoisotopic (exact) mass is 621 g/mol. The first-order valence-corrected chi connectivity index (χ1v) is 15.1. The van der Waals surface area contributed by atoms with E-state index in [0.29, 0.717) is 5.69 Å². The first-order chi connectivity index (χ1) is 23.0. The Bertz CT molecular complexity index is 2020. The van der Waals surface area contributed by atoms with Crippen LogP contribution in [0.4, 0.5) is 34.6 Å². The van der Waals surface area contributed by atoms with Gasteiger partial charge < -0.3 is 4.90 Å². The SMILES string of the molecule is Fc1c(F)c(-c2ccc(N(c3ccc(-c4ccccc4)cc3)c3ccc(-c4ccccc4)cc3)cc2)c(F)c(F)c1-c1ccccc1. The Morgan fingerprint density at radius 2 is 0.489 bits per heavy atom. The molecule has 0 aromatic heterocycles. The van der Waals surface area contributed by atoms with Gasteiger partial charge in [0.2, 0.25) is 0 Å². The molecule has 0 aliphatic heterocycles. The minimum atomic E-state index is -1.44. The Kier molecular flexibility index (Phi) is 8.11. The lowest BCUT2D eigenvalue weighted by atomic mass is 9.97. The van der Waals surface area contributed by atoms with E-state index in [2.05, 4.69) is 0 Å². The van der Waals surface area contributed by atoms with Crippen molar-refractivity contribution in [3.63, 3.8) is 0 Å².